The highest BCUT2D eigenvalue weighted by molar-refractivity contribution is 6.00. The molecule has 0 saturated carbocycles. The van der Waals surface area contributed by atoms with Crippen LogP contribution in [-0.4, -0.2) is 46.8 Å². The van der Waals surface area contributed by atoms with E-state index in [0.29, 0.717) is 36.6 Å². The summed E-state index contributed by atoms with van der Waals surface area (Å²) < 4.78 is 13.4. The van der Waals surface area contributed by atoms with Crippen LogP contribution >= 0.6 is 12.4 Å². The largest absolute Gasteiger partial charge is 0.348 e. The summed E-state index contributed by atoms with van der Waals surface area (Å²) in [5.41, 5.74) is 2.71. The smallest absolute Gasteiger partial charge is 0.321 e. The number of anilines is 2. The number of fused-ring (bicyclic) bond motifs is 1. The number of carbonyl (C=O) groups excluding carboxylic acids is 1. The number of urea groups is 1. The zero-order valence-electron chi connectivity index (χ0n) is 19.6. The molecule has 4 aromatic rings. The number of halogens is 2. The van der Waals surface area contributed by atoms with Crippen molar-refractivity contribution in [2.45, 2.75) is 13.0 Å². The van der Waals surface area contributed by atoms with Crippen LogP contribution in [0.3, 0.4) is 0 Å². The first-order valence-corrected chi connectivity index (χ1v) is 11.4. The van der Waals surface area contributed by atoms with Gasteiger partial charge in [0, 0.05) is 47.7 Å². The van der Waals surface area contributed by atoms with Crippen molar-refractivity contribution in [2.24, 2.45) is 0 Å². The lowest BCUT2D eigenvalue weighted by molar-refractivity contribution is 0.200. The molecule has 1 N–H and O–H groups in total. The molecular weight excluding hydrogens is 479 g/mol. The van der Waals surface area contributed by atoms with E-state index in [2.05, 4.69) is 33.4 Å². The summed E-state index contributed by atoms with van der Waals surface area (Å²) in [6.07, 6.45) is 0. The Balaban J connectivity index is 0.00000304. The summed E-state index contributed by atoms with van der Waals surface area (Å²) >= 11 is 0. The van der Waals surface area contributed by atoms with Gasteiger partial charge in [-0.2, -0.15) is 5.26 Å². The predicted octanol–water partition coefficient (Wildman–Crippen LogP) is 5.47. The molecule has 1 fully saturated rings. The maximum Gasteiger partial charge on any atom is 0.321 e. The average Bonchev–Trinajstić information content (AvgIpc) is 2.89. The number of rotatable bonds is 3. The Labute approximate surface area is 214 Å². The molecule has 3 aromatic carbocycles. The molecule has 2 heterocycles. The molecule has 0 radical (unpaired) electrons. The Morgan fingerprint density at radius 1 is 1.00 bits per heavy atom. The molecule has 182 valence electrons. The van der Waals surface area contributed by atoms with Gasteiger partial charge in [0.25, 0.3) is 0 Å². The second-order valence-electron chi connectivity index (χ2n) is 8.53. The van der Waals surface area contributed by atoms with E-state index >= 15 is 0 Å². The van der Waals surface area contributed by atoms with E-state index < -0.39 is 0 Å². The van der Waals surface area contributed by atoms with E-state index in [0.717, 1.165) is 22.2 Å². The number of nitrogens with zero attached hydrogens (tertiary/aromatic N) is 5. The summed E-state index contributed by atoms with van der Waals surface area (Å²) in [6.45, 7) is 3.72. The van der Waals surface area contributed by atoms with Crippen LogP contribution in [0.4, 0.5) is 20.7 Å². The van der Waals surface area contributed by atoms with Crippen molar-refractivity contribution >= 4 is 40.7 Å². The molecule has 36 heavy (non-hydrogen) atoms. The minimum atomic E-state index is -0.294. The van der Waals surface area contributed by atoms with Crippen LogP contribution in [0, 0.1) is 17.1 Å². The molecule has 1 aliphatic rings. The molecule has 5 rings (SSSR count). The van der Waals surface area contributed by atoms with Gasteiger partial charge in [0.15, 0.2) is 5.82 Å². The second-order valence-corrected chi connectivity index (χ2v) is 8.53. The maximum atomic E-state index is 13.4. The monoisotopic (exact) mass is 502 g/mol. The Morgan fingerprint density at radius 3 is 2.36 bits per heavy atom. The highest BCUT2D eigenvalue weighted by Gasteiger charge is 2.29. The third-order valence-electron chi connectivity index (χ3n) is 6.24. The molecular formula is C27H24ClFN6O. The van der Waals surface area contributed by atoms with Crippen LogP contribution < -0.4 is 10.2 Å². The lowest BCUT2D eigenvalue weighted by Gasteiger charge is -2.40. The van der Waals surface area contributed by atoms with Crippen molar-refractivity contribution in [2.75, 3.05) is 29.9 Å². The highest BCUT2D eigenvalue weighted by atomic mass is 35.5. The van der Waals surface area contributed by atoms with Gasteiger partial charge >= 0.3 is 6.03 Å². The molecule has 1 saturated heterocycles. The van der Waals surface area contributed by atoms with E-state index in [9.17, 15) is 9.18 Å². The van der Waals surface area contributed by atoms with Gasteiger partial charge in [-0.15, -0.1) is 22.6 Å². The average molecular weight is 503 g/mol. The Bertz CT molecular complexity index is 1420. The van der Waals surface area contributed by atoms with Gasteiger partial charge in [-0.1, -0.05) is 24.3 Å². The van der Waals surface area contributed by atoms with Gasteiger partial charge in [-0.05, 0) is 55.5 Å². The number of benzene rings is 3. The SMILES string of the molecule is C[C@@H]1CN(C(=O)Nc2ccc(C#N)cc2)CCN1c1nnc(-c2ccc(F)cc2)c2ccccc12.Cl. The topological polar surface area (TPSA) is 85.2 Å². The Hall–Kier alpha value is -4.22. The molecule has 1 aromatic heterocycles. The van der Waals surface area contributed by atoms with Crippen LogP contribution in [-0.2, 0) is 0 Å². The zero-order valence-corrected chi connectivity index (χ0v) is 20.4. The first-order valence-electron chi connectivity index (χ1n) is 11.4. The fourth-order valence-corrected chi connectivity index (χ4v) is 4.41. The normalized spacial score (nSPS) is 15.2. The van der Waals surface area contributed by atoms with Crippen LogP contribution in [0.2, 0.25) is 0 Å². The standard InChI is InChI=1S/C27H23FN6O.ClH/c1-18-17-33(27(35)30-22-12-6-19(16-29)7-13-22)14-15-34(18)26-24-5-3-2-4-23(24)25(31-32-26)20-8-10-21(28)11-9-20;/h2-13,18H,14-15,17H2,1H3,(H,30,35);1H/t18-;/m1./s1. The summed E-state index contributed by atoms with van der Waals surface area (Å²) in [5.74, 6) is 0.476. The lowest BCUT2D eigenvalue weighted by atomic mass is 10.0. The fourth-order valence-electron chi connectivity index (χ4n) is 4.41. The molecule has 0 spiro atoms. The maximum absolute atomic E-state index is 13.4. The molecule has 9 heteroatoms. The molecule has 1 atom stereocenters. The van der Waals surface area contributed by atoms with E-state index in [1.165, 1.54) is 12.1 Å². The van der Waals surface area contributed by atoms with Crippen molar-refractivity contribution < 1.29 is 9.18 Å². The van der Waals surface area contributed by atoms with Crippen molar-refractivity contribution in [3.05, 3.63) is 84.2 Å². The van der Waals surface area contributed by atoms with Gasteiger partial charge in [-0.3, -0.25) is 0 Å². The van der Waals surface area contributed by atoms with Crippen LogP contribution in [0.1, 0.15) is 12.5 Å². The van der Waals surface area contributed by atoms with Gasteiger partial charge in [0.05, 0.1) is 11.6 Å². The molecule has 0 unspecified atom stereocenters. The number of amides is 2. The summed E-state index contributed by atoms with van der Waals surface area (Å²) in [4.78, 5) is 16.8. The molecule has 2 amide bonds. The second kappa shape index (κ2) is 10.6. The van der Waals surface area contributed by atoms with E-state index in [-0.39, 0.29) is 30.3 Å². The van der Waals surface area contributed by atoms with Crippen molar-refractivity contribution in [3.8, 4) is 17.3 Å². The number of nitriles is 1. The van der Waals surface area contributed by atoms with Crippen molar-refractivity contribution in [1.29, 1.82) is 5.26 Å². The lowest BCUT2D eigenvalue weighted by Crippen LogP contribution is -2.55. The minimum absolute atomic E-state index is 0. The van der Waals surface area contributed by atoms with Crippen LogP contribution in [0.5, 0.6) is 0 Å². The van der Waals surface area contributed by atoms with E-state index in [4.69, 9.17) is 5.26 Å². The molecule has 1 aliphatic heterocycles. The third-order valence-corrected chi connectivity index (χ3v) is 6.24. The zero-order chi connectivity index (χ0) is 24.4. The number of hydrogen-bond acceptors (Lipinski definition) is 5. The van der Waals surface area contributed by atoms with Crippen molar-refractivity contribution in [1.82, 2.24) is 15.1 Å². The van der Waals surface area contributed by atoms with E-state index in [1.54, 1.807) is 41.3 Å². The molecule has 0 bridgehead atoms. The fraction of sp³-hybridized carbons (Fsp3) is 0.185. The number of nitrogens with one attached hydrogen (secondary N) is 1. The van der Waals surface area contributed by atoms with Crippen LogP contribution in [0.15, 0.2) is 72.8 Å². The predicted molar refractivity (Wildman–Crippen MR) is 141 cm³/mol. The third kappa shape index (κ3) is 4.92. The quantitative estimate of drug-likeness (QED) is 0.401. The summed E-state index contributed by atoms with van der Waals surface area (Å²) in [6, 6.07) is 22.9. The van der Waals surface area contributed by atoms with Crippen molar-refractivity contribution in [3.63, 3.8) is 0 Å². The van der Waals surface area contributed by atoms with Gasteiger partial charge < -0.3 is 15.1 Å². The highest BCUT2D eigenvalue weighted by Crippen LogP contribution is 2.33. The van der Waals surface area contributed by atoms with Gasteiger partial charge in [-0.25, -0.2) is 9.18 Å². The first kappa shape index (κ1) is 24.9. The van der Waals surface area contributed by atoms with Crippen LogP contribution in [0.25, 0.3) is 22.0 Å². The van der Waals surface area contributed by atoms with E-state index in [1.807, 2.05) is 24.3 Å². The minimum Gasteiger partial charge on any atom is -0.348 e. The number of aromatic nitrogens is 2. The Kier molecular flexibility index (Phi) is 7.32. The number of hydrogen-bond donors (Lipinski definition) is 1. The number of piperazine rings is 1. The summed E-state index contributed by atoms with van der Waals surface area (Å²) in [7, 11) is 0. The number of carbonyl (C=O) groups is 1. The molecule has 0 aliphatic carbocycles. The first-order chi connectivity index (χ1) is 17.0. The van der Waals surface area contributed by atoms with Gasteiger partial charge in [0.2, 0.25) is 0 Å². The molecule has 7 nitrogen and oxygen atoms in total. The summed E-state index contributed by atoms with van der Waals surface area (Å²) in [5, 5.41) is 22.8. The van der Waals surface area contributed by atoms with Gasteiger partial charge in [0.1, 0.15) is 11.5 Å². The Morgan fingerprint density at radius 2 is 1.69 bits per heavy atom.